The minimum Gasteiger partial charge on any atom is -0.508 e. The Kier molecular flexibility index (Phi) is 8.57. The van der Waals surface area contributed by atoms with Crippen LogP contribution in [0.2, 0.25) is 0 Å². The van der Waals surface area contributed by atoms with Crippen molar-refractivity contribution < 1.29 is 25.2 Å². The molecule has 1 saturated heterocycles. The number of urea groups is 1. The average molecular weight is 553 g/mol. The van der Waals surface area contributed by atoms with Crippen LogP contribution in [0.15, 0.2) is 109 Å². The maximum absolute atomic E-state index is 14.7. The van der Waals surface area contributed by atoms with E-state index in [0.717, 1.165) is 22.3 Å². The highest BCUT2D eigenvalue weighted by Gasteiger charge is 2.48. The van der Waals surface area contributed by atoms with Gasteiger partial charge in [0.1, 0.15) is 23.7 Å². The van der Waals surface area contributed by atoms with Crippen molar-refractivity contribution in [1.29, 1.82) is 0 Å². The zero-order chi connectivity index (χ0) is 28.9. The Bertz CT molecular complexity index is 1410. The van der Waals surface area contributed by atoms with Crippen LogP contribution < -0.4 is 0 Å². The van der Waals surface area contributed by atoms with E-state index in [0.29, 0.717) is 0 Å². The van der Waals surface area contributed by atoms with Crippen LogP contribution in [0.5, 0.6) is 11.5 Å². The summed E-state index contributed by atoms with van der Waals surface area (Å²) in [6.45, 7) is 2.42. The number of amides is 2. The van der Waals surface area contributed by atoms with Gasteiger partial charge in [-0.2, -0.15) is 0 Å². The molecule has 7 heteroatoms. The summed E-state index contributed by atoms with van der Waals surface area (Å²) >= 11 is 0. The molecule has 4 N–H and O–H groups in total. The molecule has 0 saturated carbocycles. The number of nitrogens with zero attached hydrogens (tertiary/aromatic N) is 2. The fourth-order valence-electron chi connectivity index (χ4n) is 5.80. The molecule has 0 aromatic heterocycles. The minimum absolute atomic E-state index is 0.127. The molecule has 1 aliphatic rings. The van der Waals surface area contributed by atoms with E-state index >= 15 is 0 Å². The summed E-state index contributed by atoms with van der Waals surface area (Å²) in [5, 5.41) is 43.4. The Labute approximate surface area is 240 Å². The van der Waals surface area contributed by atoms with Crippen LogP contribution in [0.25, 0.3) is 0 Å². The molecule has 7 nitrogen and oxygen atoms in total. The third-order valence-corrected chi connectivity index (χ3v) is 8.05. The monoisotopic (exact) mass is 552 g/mol. The normalized spacial score (nSPS) is 21.9. The van der Waals surface area contributed by atoms with Crippen molar-refractivity contribution in [2.75, 3.05) is 0 Å². The third kappa shape index (κ3) is 6.37. The molecule has 4 aromatic carbocycles. The van der Waals surface area contributed by atoms with Gasteiger partial charge in [0.05, 0.1) is 12.1 Å². The molecular formula is C34H36N2O5. The highest BCUT2D eigenvalue weighted by atomic mass is 16.3. The molecule has 5 rings (SSSR count). The van der Waals surface area contributed by atoms with Gasteiger partial charge in [-0.15, -0.1) is 0 Å². The Morgan fingerprint density at radius 1 is 0.634 bits per heavy atom. The topological polar surface area (TPSA) is 104 Å². The maximum atomic E-state index is 14.7. The number of phenolic OH excluding ortho intramolecular Hbond substituents is 2. The number of hydrogen-bond donors (Lipinski definition) is 4. The van der Waals surface area contributed by atoms with Gasteiger partial charge in [-0.3, -0.25) is 0 Å². The quantitative estimate of drug-likeness (QED) is 0.245. The van der Waals surface area contributed by atoms with Crippen LogP contribution in [-0.4, -0.2) is 60.5 Å². The Morgan fingerprint density at radius 3 is 1.66 bits per heavy atom. The lowest BCUT2D eigenvalue weighted by Gasteiger charge is -2.38. The van der Waals surface area contributed by atoms with Crippen molar-refractivity contribution in [1.82, 2.24) is 9.80 Å². The molecule has 0 radical (unpaired) electrons. The van der Waals surface area contributed by atoms with E-state index in [-0.39, 0.29) is 43.0 Å². The molecule has 5 atom stereocenters. The Morgan fingerprint density at radius 2 is 1.12 bits per heavy atom. The molecule has 1 aliphatic heterocycles. The summed E-state index contributed by atoms with van der Waals surface area (Å²) in [4.78, 5) is 18.0. The summed E-state index contributed by atoms with van der Waals surface area (Å²) in [6, 6.07) is 30.9. The fraction of sp³-hybridized carbons (Fsp3) is 0.265. The van der Waals surface area contributed by atoms with Crippen LogP contribution in [0.1, 0.15) is 35.1 Å². The van der Waals surface area contributed by atoms with E-state index in [1.54, 1.807) is 58.3 Å². The largest absolute Gasteiger partial charge is 0.508 e. The van der Waals surface area contributed by atoms with Gasteiger partial charge >= 0.3 is 6.03 Å². The predicted molar refractivity (Wildman–Crippen MR) is 157 cm³/mol. The number of benzene rings is 4. The standard InChI is InChI=1S/C34H36N2O5/c1-23(27-14-18-29(38)19-15-27)31-33(40)32(39)30(20-24-12-16-28(37)17-13-24)35(21-25-8-4-2-5-9-25)34(41)36(31)22-26-10-6-3-7-11-26/h2-19,23,30-33,37-40H,20-22H2,1H3/t23-,30-,31-,32+,33+/m1/s1. The van der Waals surface area contributed by atoms with E-state index in [4.69, 9.17) is 0 Å². The van der Waals surface area contributed by atoms with E-state index in [2.05, 4.69) is 0 Å². The minimum atomic E-state index is -1.27. The number of hydrogen-bond acceptors (Lipinski definition) is 5. The smallest absolute Gasteiger partial charge is 0.321 e. The molecule has 0 spiro atoms. The number of carbonyl (C=O) groups is 1. The van der Waals surface area contributed by atoms with E-state index < -0.39 is 24.3 Å². The lowest BCUT2D eigenvalue weighted by molar-refractivity contribution is -0.0455. The van der Waals surface area contributed by atoms with Crippen molar-refractivity contribution in [3.8, 4) is 11.5 Å². The van der Waals surface area contributed by atoms with Gasteiger partial charge in [-0.1, -0.05) is 91.9 Å². The molecule has 0 aliphatic carbocycles. The van der Waals surface area contributed by atoms with Crippen LogP contribution >= 0.6 is 0 Å². The van der Waals surface area contributed by atoms with Gasteiger partial charge in [-0.25, -0.2) is 4.79 Å². The maximum Gasteiger partial charge on any atom is 0.321 e. The second-order valence-electron chi connectivity index (χ2n) is 10.8. The van der Waals surface area contributed by atoms with E-state index in [1.165, 1.54) is 0 Å². The van der Waals surface area contributed by atoms with Gasteiger partial charge in [0, 0.05) is 19.0 Å². The van der Waals surface area contributed by atoms with Crippen molar-refractivity contribution in [2.24, 2.45) is 0 Å². The van der Waals surface area contributed by atoms with Crippen molar-refractivity contribution >= 4 is 6.03 Å². The van der Waals surface area contributed by atoms with Crippen LogP contribution in [0.4, 0.5) is 4.79 Å². The number of rotatable bonds is 8. The molecule has 4 aromatic rings. The van der Waals surface area contributed by atoms with E-state index in [1.807, 2.05) is 67.6 Å². The molecule has 41 heavy (non-hydrogen) atoms. The molecule has 1 fully saturated rings. The first kappa shape index (κ1) is 28.2. The van der Waals surface area contributed by atoms with Gasteiger partial charge in [0.25, 0.3) is 0 Å². The van der Waals surface area contributed by atoms with Crippen molar-refractivity contribution in [2.45, 2.75) is 56.6 Å². The zero-order valence-electron chi connectivity index (χ0n) is 23.0. The summed E-state index contributed by atoms with van der Waals surface area (Å²) < 4.78 is 0. The molecule has 0 bridgehead atoms. The SMILES string of the molecule is C[C@H](c1ccc(O)cc1)[C@@H]1[C@H](O)[C@@H](O)[C@@H](Cc2ccc(O)cc2)N(Cc2ccccc2)C(=O)N1Cc1ccccc1. The third-order valence-electron chi connectivity index (χ3n) is 8.05. The number of aromatic hydroxyl groups is 2. The first-order valence-electron chi connectivity index (χ1n) is 13.9. The highest BCUT2D eigenvalue weighted by Crippen LogP contribution is 2.35. The molecule has 2 amide bonds. The number of carbonyl (C=O) groups excluding carboxylic acids is 1. The predicted octanol–water partition coefficient (Wildman–Crippen LogP) is 5.04. The first-order valence-corrected chi connectivity index (χ1v) is 13.9. The number of aliphatic hydroxyl groups excluding tert-OH is 2. The Balaban J connectivity index is 1.60. The zero-order valence-corrected chi connectivity index (χ0v) is 23.0. The summed E-state index contributed by atoms with van der Waals surface area (Å²) in [7, 11) is 0. The number of aliphatic hydroxyl groups is 2. The highest BCUT2D eigenvalue weighted by molar-refractivity contribution is 5.76. The molecule has 0 unspecified atom stereocenters. The van der Waals surface area contributed by atoms with Gasteiger partial charge in [0.2, 0.25) is 0 Å². The molecule has 212 valence electrons. The fourth-order valence-corrected chi connectivity index (χ4v) is 5.80. The molecular weight excluding hydrogens is 516 g/mol. The Hall–Kier alpha value is -4.33. The van der Waals surface area contributed by atoms with Crippen LogP contribution in [0, 0.1) is 0 Å². The lowest BCUT2D eigenvalue weighted by atomic mass is 9.84. The second-order valence-corrected chi connectivity index (χ2v) is 10.8. The number of phenols is 2. The van der Waals surface area contributed by atoms with Gasteiger partial charge in [-0.05, 0) is 52.9 Å². The van der Waals surface area contributed by atoms with Crippen molar-refractivity contribution in [3.63, 3.8) is 0 Å². The molecule has 1 heterocycles. The van der Waals surface area contributed by atoms with E-state index in [9.17, 15) is 25.2 Å². The van der Waals surface area contributed by atoms with Gasteiger partial charge < -0.3 is 30.2 Å². The summed E-state index contributed by atoms with van der Waals surface area (Å²) in [6.07, 6.45) is -2.24. The first-order chi connectivity index (χ1) is 19.8. The summed E-state index contributed by atoms with van der Waals surface area (Å²) in [5.74, 6) is -0.106. The second kappa shape index (κ2) is 12.5. The average Bonchev–Trinajstić information content (AvgIpc) is 3.05. The lowest BCUT2D eigenvalue weighted by Crippen LogP contribution is -2.51. The van der Waals surface area contributed by atoms with Crippen LogP contribution in [0.3, 0.4) is 0 Å². The van der Waals surface area contributed by atoms with Gasteiger partial charge in [0.15, 0.2) is 0 Å². The van der Waals surface area contributed by atoms with Crippen molar-refractivity contribution in [3.05, 3.63) is 131 Å². The summed E-state index contributed by atoms with van der Waals surface area (Å²) in [5.41, 5.74) is 3.46. The van der Waals surface area contributed by atoms with Crippen LogP contribution in [-0.2, 0) is 19.5 Å².